The summed E-state index contributed by atoms with van der Waals surface area (Å²) in [5.74, 6) is 1.66. The average molecular weight is 945 g/mol. The Morgan fingerprint density at radius 3 is 1.64 bits per heavy atom. The Labute approximate surface area is 411 Å². The smallest absolute Gasteiger partial charge is 0.176 e. The Bertz CT molecular complexity index is 1770. The fourth-order valence-corrected chi connectivity index (χ4v) is 7.69. The van der Waals surface area contributed by atoms with E-state index in [0.717, 1.165) is 70.3 Å². The van der Waals surface area contributed by atoms with Crippen molar-refractivity contribution in [3.8, 4) is 5.75 Å². The Morgan fingerprint density at radius 2 is 1.25 bits per heavy atom. The van der Waals surface area contributed by atoms with Crippen molar-refractivity contribution in [2.75, 3.05) is 33.0 Å². The number of rotatable bonds is 5. The number of hydroxylamine groups is 1. The van der Waals surface area contributed by atoms with Crippen LogP contribution in [0.4, 0.5) is 0 Å². The second-order valence-corrected chi connectivity index (χ2v) is 25.8. The van der Waals surface area contributed by atoms with Crippen LogP contribution in [0.3, 0.4) is 0 Å². The number of aromatic nitrogens is 4. The van der Waals surface area contributed by atoms with Crippen LogP contribution in [0.2, 0.25) is 0 Å². The Hall–Kier alpha value is -2.64. The van der Waals surface area contributed by atoms with Gasteiger partial charge in [-0.05, 0) is 91.2 Å². The standard InChI is InChI=1S/C16H24O.C11H22N2O.C11H22O2.C8H16N4.C8H16O2.CH4/c1-14(2,3)16(6)11-15(4,5)12-9-7-8-10-13(12)17-16;1-7-8-12-9(13-14-8)11(5,6)10(2,3)4;1-5-13-11(10(2,3)4)6-8-12-9-7-11;1-7(2,3)8(4,5)12-6-9-10-11-12;1-7(2,3)8(4)9-5-6-10-8;/h7-10H,11H2,1-6H3;8H,7H2,1-6H3,(H,12,13);5-9H2,1-4H3;6H,1-5H3;5-6H2,1-4H3;1H4. The first kappa shape index (κ1) is 62.4. The molecule has 0 aliphatic carbocycles. The summed E-state index contributed by atoms with van der Waals surface area (Å²) in [6.07, 6.45) is 5.68. The van der Waals surface area contributed by atoms with Crippen molar-refractivity contribution in [3.05, 3.63) is 36.2 Å². The molecule has 0 spiro atoms. The maximum Gasteiger partial charge on any atom is 0.176 e. The zero-order valence-electron chi connectivity index (χ0n) is 47.0. The minimum Gasteiger partial charge on any atom is -0.487 e. The van der Waals surface area contributed by atoms with Gasteiger partial charge in [0.1, 0.15) is 23.5 Å². The number of nitrogens with one attached hydrogen (secondary N) is 1. The van der Waals surface area contributed by atoms with Gasteiger partial charge in [0, 0.05) is 48.9 Å². The number of tetrazole rings is 1. The molecule has 2 unspecified atom stereocenters. The van der Waals surface area contributed by atoms with Gasteiger partial charge in [-0.1, -0.05) is 164 Å². The topological polar surface area (TPSA) is 123 Å². The van der Waals surface area contributed by atoms with Crippen LogP contribution >= 0.6 is 0 Å². The third-order valence-electron chi connectivity index (χ3n) is 15.7. The van der Waals surface area contributed by atoms with Crippen LogP contribution in [0.25, 0.3) is 0 Å². The minimum absolute atomic E-state index is 0. The summed E-state index contributed by atoms with van der Waals surface area (Å²) in [7, 11) is 0. The molecule has 4 aliphatic rings. The first-order valence-corrected chi connectivity index (χ1v) is 24.8. The summed E-state index contributed by atoms with van der Waals surface area (Å²) in [6.45, 7) is 58.7. The van der Waals surface area contributed by atoms with E-state index in [9.17, 15) is 0 Å². The first-order valence-electron chi connectivity index (χ1n) is 24.8. The van der Waals surface area contributed by atoms with Gasteiger partial charge in [0.25, 0.3) is 0 Å². The first-order chi connectivity index (χ1) is 29.8. The Balaban J connectivity index is 0.000000422. The predicted octanol–water partition coefficient (Wildman–Crippen LogP) is 13.8. The van der Waals surface area contributed by atoms with Crippen LogP contribution in [-0.2, 0) is 34.7 Å². The van der Waals surface area contributed by atoms with Crippen molar-refractivity contribution in [1.29, 1.82) is 0 Å². The maximum absolute atomic E-state index is 6.32. The highest BCUT2D eigenvalue weighted by Gasteiger charge is 2.49. The monoisotopic (exact) mass is 945 g/mol. The van der Waals surface area contributed by atoms with Crippen molar-refractivity contribution < 1.29 is 28.5 Å². The van der Waals surface area contributed by atoms with Crippen molar-refractivity contribution in [3.63, 3.8) is 0 Å². The predicted molar refractivity (Wildman–Crippen MR) is 278 cm³/mol. The van der Waals surface area contributed by atoms with Gasteiger partial charge in [0.2, 0.25) is 0 Å². The summed E-state index contributed by atoms with van der Waals surface area (Å²) in [4.78, 5) is 9.87. The molecule has 390 valence electrons. The van der Waals surface area contributed by atoms with Gasteiger partial charge in [-0.15, -0.1) is 5.10 Å². The molecule has 0 saturated carbocycles. The molecule has 0 amide bonds. The van der Waals surface area contributed by atoms with Gasteiger partial charge in [-0.2, -0.15) is 0 Å². The number of amidine groups is 1. The summed E-state index contributed by atoms with van der Waals surface area (Å²) >= 11 is 0. The molecule has 2 fully saturated rings. The molecule has 1 N–H and O–H groups in total. The molecule has 1 aromatic carbocycles. The molecule has 12 heteroatoms. The second-order valence-electron chi connectivity index (χ2n) is 25.8. The minimum atomic E-state index is -0.368. The second kappa shape index (κ2) is 23.1. The SMILES string of the molecule is C.CC(C)(C)C(C)(C)n1cnnn1.CC(C)(C)C1(C)OCCO1.CC1(C)CC(C)(C(C)(C)C)Oc2ccccc21.CCC1N=C(C(C)(C)C(C)(C)C)NO1.CCOC1(C(C)(C)C)CCOCC1. The molecule has 67 heavy (non-hydrogen) atoms. The number of hydrogen-bond donors (Lipinski definition) is 1. The number of ether oxygens (including phenoxy) is 5. The summed E-state index contributed by atoms with van der Waals surface area (Å²) in [6, 6.07) is 8.45. The largest absolute Gasteiger partial charge is 0.487 e. The fraction of sp³-hybridized carbons (Fsp3) is 0.855. The van der Waals surface area contributed by atoms with Crippen LogP contribution in [0, 0.1) is 32.5 Å². The highest BCUT2D eigenvalue weighted by Crippen LogP contribution is 2.50. The highest BCUT2D eigenvalue weighted by molar-refractivity contribution is 5.88. The van der Waals surface area contributed by atoms with E-state index < -0.39 is 0 Å². The van der Waals surface area contributed by atoms with E-state index in [2.05, 4.69) is 216 Å². The number of benzene rings is 1. The molecule has 0 bridgehead atoms. The molecule has 2 aromatic rings. The maximum atomic E-state index is 6.32. The van der Waals surface area contributed by atoms with Crippen molar-refractivity contribution >= 4 is 5.84 Å². The molecule has 5 heterocycles. The number of para-hydroxylation sites is 1. The number of fused-ring (bicyclic) bond motifs is 1. The van der Waals surface area contributed by atoms with E-state index in [1.165, 1.54) is 5.56 Å². The van der Waals surface area contributed by atoms with Crippen LogP contribution in [-0.4, -0.2) is 82.3 Å². The lowest BCUT2D eigenvalue weighted by molar-refractivity contribution is -0.208. The highest BCUT2D eigenvalue weighted by atomic mass is 16.7. The average Bonchev–Trinajstić information content (AvgIpc) is 3.98. The molecule has 6 rings (SSSR count). The van der Waals surface area contributed by atoms with Crippen molar-refractivity contribution in [1.82, 2.24) is 25.7 Å². The van der Waals surface area contributed by atoms with E-state index in [4.69, 9.17) is 28.5 Å². The molecule has 12 nitrogen and oxygen atoms in total. The van der Waals surface area contributed by atoms with Crippen molar-refractivity contribution in [2.24, 2.45) is 37.5 Å². The summed E-state index contributed by atoms with van der Waals surface area (Å²) < 4.78 is 30.4. The fourth-order valence-electron chi connectivity index (χ4n) is 7.69. The van der Waals surface area contributed by atoms with E-state index in [1.54, 1.807) is 11.0 Å². The number of aliphatic imine (C=N–C) groups is 1. The van der Waals surface area contributed by atoms with Crippen LogP contribution in [0.5, 0.6) is 5.75 Å². The van der Waals surface area contributed by atoms with E-state index in [1.807, 2.05) is 6.92 Å². The zero-order chi connectivity index (χ0) is 51.1. The van der Waals surface area contributed by atoms with Gasteiger partial charge >= 0.3 is 0 Å². The van der Waals surface area contributed by atoms with Gasteiger partial charge < -0.3 is 23.7 Å². The Morgan fingerprint density at radius 1 is 0.716 bits per heavy atom. The number of hydrogen-bond acceptors (Lipinski definition) is 11. The number of nitrogens with zero attached hydrogens (tertiary/aromatic N) is 5. The molecular formula is C55H104N6O6. The molecule has 2 atom stereocenters. The molecule has 2 saturated heterocycles. The molecule has 0 radical (unpaired) electrons. The zero-order valence-corrected chi connectivity index (χ0v) is 47.0. The van der Waals surface area contributed by atoms with Crippen LogP contribution < -0.4 is 10.2 Å². The van der Waals surface area contributed by atoms with E-state index in [0.29, 0.717) is 0 Å². The van der Waals surface area contributed by atoms with Gasteiger partial charge in [-0.3, -0.25) is 5.48 Å². The van der Waals surface area contributed by atoms with Crippen LogP contribution in [0.1, 0.15) is 212 Å². The quantitative estimate of drug-likeness (QED) is 0.310. The summed E-state index contributed by atoms with van der Waals surface area (Å²) in [5.41, 5.74) is 5.09. The molecule has 1 aromatic heterocycles. The van der Waals surface area contributed by atoms with Crippen molar-refractivity contribution in [2.45, 2.75) is 240 Å². The van der Waals surface area contributed by atoms with Gasteiger partial charge in [-0.25, -0.2) is 14.5 Å². The Kier molecular flexibility index (Phi) is 21.5. The van der Waals surface area contributed by atoms with Gasteiger partial charge in [0.05, 0.1) is 24.4 Å². The third-order valence-corrected chi connectivity index (χ3v) is 15.7. The lowest BCUT2D eigenvalue weighted by Gasteiger charge is -2.50. The lowest BCUT2D eigenvalue weighted by atomic mass is 9.65. The molecular weight excluding hydrogens is 841 g/mol. The molecule has 4 aliphatic heterocycles. The lowest BCUT2D eigenvalue weighted by Crippen LogP contribution is -2.52. The summed E-state index contributed by atoms with van der Waals surface area (Å²) in [5, 5.41) is 11.2. The normalized spacial score (nSPS) is 22.4. The van der Waals surface area contributed by atoms with Gasteiger partial charge in [0.15, 0.2) is 12.0 Å². The third kappa shape index (κ3) is 15.7. The van der Waals surface area contributed by atoms with Crippen LogP contribution in [0.15, 0.2) is 35.6 Å². The van der Waals surface area contributed by atoms with E-state index in [-0.39, 0.29) is 74.1 Å². The van der Waals surface area contributed by atoms with E-state index >= 15 is 0 Å².